The quantitative estimate of drug-likeness (QED) is 0.683. The molecule has 0 aliphatic carbocycles. The maximum Gasteiger partial charge on any atom is 0.278 e. The predicted octanol–water partition coefficient (Wildman–Crippen LogP) is 2.45. The molecular weight excluding hydrogens is 292 g/mol. The number of hydrogen-bond donors (Lipinski definition) is 3. The largest absolute Gasteiger partial charge is 0.382 e. The van der Waals surface area contributed by atoms with Crippen molar-refractivity contribution in [1.82, 2.24) is 15.0 Å². The van der Waals surface area contributed by atoms with E-state index < -0.39 is 5.91 Å². The van der Waals surface area contributed by atoms with Gasteiger partial charge in [0, 0.05) is 11.9 Å². The molecule has 114 valence electrons. The molecule has 0 spiro atoms. The first-order chi connectivity index (χ1) is 11.2. The third-order valence-electron chi connectivity index (χ3n) is 2.98. The van der Waals surface area contributed by atoms with Crippen LogP contribution < -0.4 is 16.4 Å². The van der Waals surface area contributed by atoms with Crippen molar-refractivity contribution >= 4 is 28.9 Å². The van der Waals surface area contributed by atoms with Gasteiger partial charge in [0.25, 0.3) is 5.91 Å². The Kier molecular flexibility index (Phi) is 4.10. The van der Waals surface area contributed by atoms with E-state index in [1.165, 1.54) is 6.20 Å². The van der Waals surface area contributed by atoms with E-state index in [9.17, 15) is 4.79 Å². The predicted molar refractivity (Wildman–Crippen MR) is 88.4 cm³/mol. The van der Waals surface area contributed by atoms with Crippen LogP contribution in [0.15, 0.2) is 61.1 Å². The number of nitrogens with one attached hydrogen (secondary N) is 2. The fraction of sp³-hybridized carbons (Fsp3) is 0. The molecular formula is C16H14N6O. The third-order valence-corrected chi connectivity index (χ3v) is 2.98. The van der Waals surface area contributed by atoms with E-state index in [4.69, 9.17) is 5.73 Å². The summed E-state index contributed by atoms with van der Waals surface area (Å²) in [5.74, 6) is 0.0524. The number of nitrogen functional groups attached to an aromatic ring is 1. The van der Waals surface area contributed by atoms with Crippen LogP contribution in [0.4, 0.5) is 23.0 Å². The van der Waals surface area contributed by atoms with Crippen LogP contribution in [-0.4, -0.2) is 20.9 Å². The fourth-order valence-corrected chi connectivity index (χ4v) is 1.92. The molecule has 1 aromatic carbocycles. The Morgan fingerprint density at radius 3 is 2.52 bits per heavy atom. The van der Waals surface area contributed by atoms with Crippen LogP contribution in [0.2, 0.25) is 0 Å². The summed E-state index contributed by atoms with van der Waals surface area (Å²) in [4.78, 5) is 24.5. The second-order valence-corrected chi connectivity index (χ2v) is 4.68. The summed E-state index contributed by atoms with van der Waals surface area (Å²) < 4.78 is 0. The van der Waals surface area contributed by atoms with Crippen LogP contribution in [0.5, 0.6) is 0 Å². The number of carbonyl (C=O) groups is 1. The minimum atomic E-state index is -0.420. The number of aromatic nitrogens is 3. The summed E-state index contributed by atoms with van der Waals surface area (Å²) in [5.41, 5.74) is 7.21. The summed E-state index contributed by atoms with van der Waals surface area (Å²) in [6.45, 7) is 0. The SMILES string of the molecule is Nc1ncc(Nc2cccnc2)nc1C(=O)Nc1ccccc1. The first kappa shape index (κ1) is 14.5. The van der Waals surface area contributed by atoms with Crippen molar-refractivity contribution < 1.29 is 4.79 Å². The number of hydrogen-bond acceptors (Lipinski definition) is 6. The molecule has 0 saturated carbocycles. The van der Waals surface area contributed by atoms with Crippen molar-refractivity contribution in [3.63, 3.8) is 0 Å². The van der Waals surface area contributed by atoms with Gasteiger partial charge in [-0.05, 0) is 24.3 Å². The molecule has 0 atom stereocenters. The Balaban J connectivity index is 1.81. The molecule has 2 aromatic heterocycles. The smallest absolute Gasteiger partial charge is 0.278 e. The monoisotopic (exact) mass is 306 g/mol. The van der Waals surface area contributed by atoms with Crippen molar-refractivity contribution in [3.8, 4) is 0 Å². The highest BCUT2D eigenvalue weighted by Crippen LogP contribution is 2.16. The van der Waals surface area contributed by atoms with Crippen LogP contribution in [-0.2, 0) is 0 Å². The normalized spacial score (nSPS) is 10.1. The van der Waals surface area contributed by atoms with Gasteiger partial charge in [0.1, 0.15) is 5.82 Å². The second-order valence-electron chi connectivity index (χ2n) is 4.68. The Morgan fingerprint density at radius 2 is 1.78 bits per heavy atom. The number of nitrogens with two attached hydrogens (primary N) is 1. The molecule has 0 bridgehead atoms. The van der Waals surface area contributed by atoms with E-state index in [2.05, 4.69) is 25.6 Å². The maximum absolute atomic E-state index is 12.3. The summed E-state index contributed by atoms with van der Waals surface area (Å²) in [5, 5.41) is 5.75. The van der Waals surface area contributed by atoms with Gasteiger partial charge in [-0.2, -0.15) is 0 Å². The average molecular weight is 306 g/mol. The fourth-order valence-electron chi connectivity index (χ4n) is 1.92. The van der Waals surface area contributed by atoms with Crippen molar-refractivity contribution in [2.75, 3.05) is 16.4 Å². The lowest BCUT2D eigenvalue weighted by Gasteiger charge is -2.09. The summed E-state index contributed by atoms with van der Waals surface area (Å²) >= 11 is 0. The van der Waals surface area contributed by atoms with Gasteiger partial charge in [0.15, 0.2) is 11.5 Å². The van der Waals surface area contributed by atoms with Crippen LogP contribution >= 0.6 is 0 Å². The molecule has 23 heavy (non-hydrogen) atoms. The van der Waals surface area contributed by atoms with Crippen LogP contribution in [0, 0.1) is 0 Å². The van der Waals surface area contributed by atoms with E-state index in [1.54, 1.807) is 30.6 Å². The number of nitrogens with zero attached hydrogens (tertiary/aromatic N) is 3. The molecule has 0 aliphatic heterocycles. The van der Waals surface area contributed by atoms with E-state index in [1.807, 2.05) is 24.3 Å². The van der Waals surface area contributed by atoms with Gasteiger partial charge in [0.2, 0.25) is 0 Å². The van der Waals surface area contributed by atoms with Gasteiger partial charge in [-0.3, -0.25) is 9.78 Å². The third kappa shape index (κ3) is 3.59. The Hall–Kier alpha value is -3.48. The molecule has 0 fully saturated rings. The Bertz CT molecular complexity index is 807. The summed E-state index contributed by atoms with van der Waals surface area (Å²) in [7, 11) is 0. The highest BCUT2D eigenvalue weighted by Gasteiger charge is 2.14. The summed E-state index contributed by atoms with van der Waals surface area (Å²) in [6.07, 6.45) is 4.77. The topological polar surface area (TPSA) is 106 Å². The number of rotatable bonds is 4. The van der Waals surface area contributed by atoms with Crippen molar-refractivity contribution in [2.24, 2.45) is 0 Å². The Morgan fingerprint density at radius 1 is 1.00 bits per heavy atom. The molecule has 0 saturated heterocycles. The second kappa shape index (κ2) is 6.52. The van der Waals surface area contributed by atoms with E-state index in [-0.39, 0.29) is 11.5 Å². The molecule has 7 nitrogen and oxygen atoms in total. The van der Waals surface area contributed by atoms with Gasteiger partial charge >= 0.3 is 0 Å². The van der Waals surface area contributed by atoms with Crippen molar-refractivity contribution in [2.45, 2.75) is 0 Å². The number of carbonyl (C=O) groups excluding carboxylic acids is 1. The molecule has 3 rings (SSSR count). The maximum atomic E-state index is 12.3. The highest BCUT2D eigenvalue weighted by atomic mass is 16.1. The first-order valence-corrected chi connectivity index (χ1v) is 6.88. The van der Waals surface area contributed by atoms with Crippen molar-refractivity contribution in [1.29, 1.82) is 0 Å². The van der Waals surface area contributed by atoms with Crippen LogP contribution in [0.1, 0.15) is 10.5 Å². The number of para-hydroxylation sites is 1. The van der Waals surface area contributed by atoms with E-state index in [0.29, 0.717) is 11.5 Å². The summed E-state index contributed by atoms with van der Waals surface area (Å²) in [6, 6.07) is 12.7. The lowest BCUT2D eigenvalue weighted by molar-refractivity contribution is 0.102. The van der Waals surface area contributed by atoms with Gasteiger partial charge in [-0.1, -0.05) is 18.2 Å². The molecule has 3 aromatic rings. The van der Waals surface area contributed by atoms with Crippen molar-refractivity contribution in [3.05, 3.63) is 66.7 Å². The zero-order valence-corrected chi connectivity index (χ0v) is 12.1. The minimum Gasteiger partial charge on any atom is -0.382 e. The van der Waals surface area contributed by atoms with E-state index in [0.717, 1.165) is 5.69 Å². The highest BCUT2D eigenvalue weighted by molar-refractivity contribution is 6.05. The molecule has 0 aliphatic rings. The zero-order valence-electron chi connectivity index (χ0n) is 12.1. The van der Waals surface area contributed by atoms with E-state index >= 15 is 0 Å². The van der Waals surface area contributed by atoms with Gasteiger partial charge in [-0.15, -0.1) is 0 Å². The molecule has 0 unspecified atom stereocenters. The molecule has 2 heterocycles. The molecule has 1 amide bonds. The number of anilines is 4. The lowest BCUT2D eigenvalue weighted by atomic mass is 10.3. The molecule has 4 N–H and O–H groups in total. The standard InChI is InChI=1S/C16H14N6O/c17-15-14(16(23)21-11-5-2-1-3-6-11)22-13(10-19-15)20-12-7-4-8-18-9-12/h1-10H,(H2,17,19)(H,20,22)(H,21,23). The minimum absolute atomic E-state index is 0.0581. The Labute approximate surface area is 132 Å². The number of benzene rings is 1. The number of pyridine rings is 1. The lowest BCUT2D eigenvalue weighted by Crippen LogP contribution is -2.17. The molecule has 7 heteroatoms. The zero-order chi connectivity index (χ0) is 16.1. The van der Waals surface area contributed by atoms with Gasteiger partial charge < -0.3 is 16.4 Å². The number of amides is 1. The van der Waals surface area contributed by atoms with Gasteiger partial charge in [0.05, 0.1) is 18.1 Å². The van der Waals surface area contributed by atoms with Crippen LogP contribution in [0.25, 0.3) is 0 Å². The van der Waals surface area contributed by atoms with Crippen LogP contribution in [0.3, 0.4) is 0 Å². The first-order valence-electron chi connectivity index (χ1n) is 6.88. The molecule has 0 radical (unpaired) electrons. The average Bonchev–Trinajstić information content (AvgIpc) is 2.58. The van der Waals surface area contributed by atoms with Gasteiger partial charge in [-0.25, -0.2) is 9.97 Å².